The van der Waals surface area contributed by atoms with Crippen LogP contribution in [0.4, 0.5) is 10.1 Å². The Morgan fingerprint density at radius 1 is 1.30 bits per heavy atom. The fraction of sp³-hybridized carbons (Fsp3) is 0.316. The summed E-state index contributed by atoms with van der Waals surface area (Å²) in [6.07, 6.45) is 1.82. The van der Waals surface area contributed by atoms with Crippen LogP contribution in [-0.2, 0) is 6.42 Å². The highest BCUT2D eigenvalue weighted by atomic mass is 19.1. The normalized spacial score (nSPS) is 17.5. The molecule has 1 unspecified atom stereocenters. The largest absolute Gasteiger partial charge is 0.478 e. The first kappa shape index (κ1) is 15.5. The summed E-state index contributed by atoms with van der Waals surface area (Å²) in [5.41, 5.74) is 2.71. The molecule has 3 rings (SSSR count). The number of aryl methyl sites for hydroxylation is 1. The van der Waals surface area contributed by atoms with E-state index in [1.807, 2.05) is 6.07 Å². The summed E-state index contributed by atoms with van der Waals surface area (Å²) in [5.74, 6) is -1.77. The van der Waals surface area contributed by atoms with Gasteiger partial charge in [-0.05, 0) is 42.2 Å². The molecule has 2 aromatic carbocycles. The van der Waals surface area contributed by atoms with Gasteiger partial charge in [0.05, 0.1) is 5.56 Å². The van der Waals surface area contributed by atoms with E-state index in [-0.39, 0.29) is 11.5 Å². The number of hydrogen-bond donors (Lipinski definition) is 1. The lowest BCUT2D eigenvalue weighted by Crippen LogP contribution is -2.19. The predicted octanol–water partition coefficient (Wildman–Crippen LogP) is 4.08. The van der Waals surface area contributed by atoms with Crippen LogP contribution in [0.5, 0.6) is 0 Å². The van der Waals surface area contributed by atoms with Gasteiger partial charge < -0.3 is 10.0 Å². The van der Waals surface area contributed by atoms with E-state index in [4.69, 9.17) is 5.11 Å². The molecule has 0 aliphatic carbocycles. The van der Waals surface area contributed by atoms with Gasteiger partial charge in [-0.15, -0.1) is 0 Å². The van der Waals surface area contributed by atoms with Crippen molar-refractivity contribution in [3.63, 3.8) is 0 Å². The highest BCUT2D eigenvalue weighted by Gasteiger charge is 2.28. The monoisotopic (exact) mass is 313 g/mol. The van der Waals surface area contributed by atoms with Gasteiger partial charge in [0, 0.05) is 24.7 Å². The van der Waals surface area contributed by atoms with Crippen molar-refractivity contribution in [1.82, 2.24) is 0 Å². The van der Waals surface area contributed by atoms with Crippen molar-refractivity contribution >= 4 is 11.7 Å². The standard InChI is InChI=1S/C19H20FNO2/c1-2-13-5-3-6-15(11-13)21-10-9-14(12-21)16-7-4-8-17(18(16)20)19(22)23/h3-8,11,14H,2,9-10,12H2,1H3,(H,22,23). The first-order chi connectivity index (χ1) is 11.1. The average molecular weight is 313 g/mol. The van der Waals surface area contributed by atoms with Gasteiger partial charge in [-0.1, -0.05) is 31.2 Å². The zero-order chi connectivity index (χ0) is 16.4. The number of anilines is 1. The Morgan fingerprint density at radius 3 is 2.83 bits per heavy atom. The van der Waals surface area contributed by atoms with Gasteiger partial charge >= 0.3 is 5.97 Å². The second-order valence-electron chi connectivity index (χ2n) is 5.97. The van der Waals surface area contributed by atoms with Crippen molar-refractivity contribution in [2.75, 3.05) is 18.0 Å². The molecular formula is C19H20FNO2. The summed E-state index contributed by atoms with van der Waals surface area (Å²) in [7, 11) is 0. The lowest BCUT2D eigenvalue weighted by molar-refractivity contribution is 0.0691. The maximum atomic E-state index is 14.4. The van der Waals surface area contributed by atoms with Gasteiger partial charge in [0.2, 0.25) is 0 Å². The number of carbonyl (C=O) groups is 1. The molecule has 0 spiro atoms. The van der Waals surface area contributed by atoms with Crippen molar-refractivity contribution in [2.24, 2.45) is 0 Å². The lowest BCUT2D eigenvalue weighted by atomic mass is 9.96. The molecule has 1 saturated heterocycles. The molecule has 0 bridgehead atoms. The van der Waals surface area contributed by atoms with Crippen LogP contribution in [0, 0.1) is 5.82 Å². The third-order valence-electron chi connectivity index (χ3n) is 4.57. The number of nitrogens with zero attached hydrogens (tertiary/aromatic N) is 1. The molecule has 4 heteroatoms. The summed E-state index contributed by atoms with van der Waals surface area (Å²) in [5, 5.41) is 9.07. The summed E-state index contributed by atoms with van der Waals surface area (Å²) >= 11 is 0. The number of aromatic carboxylic acids is 1. The van der Waals surface area contributed by atoms with Crippen LogP contribution in [-0.4, -0.2) is 24.2 Å². The number of rotatable bonds is 4. The summed E-state index contributed by atoms with van der Waals surface area (Å²) in [4.78, 5) is 13.3. The van der Waals surface area contributed by atoms with Crippen LogP contribution in [0.15, 0.2) is 42.5 Å². The number of carboxylic acids is 1. The quantitative estimate of drug-likeness (QED) is 0.924. The predicted molar refractivity (Wildman–Crippen MR) is 88.8 cm³/mol. The van der Waals surface area contributed by atoms with Crippen molar-refractivity contribution in [2.45, 2.75) is 25.7 Å². The molecule has 1 fully saturated rings. The minimum absolute atomic E-state index is 0.0274. The summed E-state index contributed by atoms with van der Waals surface area (Å²) in [6.45, 7) is 3.69. The molecular weight excluding hydrogens is 293 g/mol. The van der Waals surface area contributed by atoms with Crippen LogP contribution >= 0.6 is 0 Å². The van der Waals surface area contributed by atoms with Crippen molar-refractivity contribution < 1.29 is 14.3 Å². The van der Waals surface area contributed by atoms with Crippen molar-refractivity contribution in [3.8, 4) is 0 Å². The lowest BCUT2D eigenvalue weighted by Gasteiger charge is -2.20. The highest BCUT2D eigenvalue weighted by Crippen LogP contribution is 2.33. The minimum Gasteiger partial charge on any atom is -0.478 e. The highest BCUT2D eigenvalue weighted by molar-refractivity contribution is 5.88. The molecule has 0 aromatic heterocycles. The zero-order valence-electron chi connectivity index (χ0n) is 13.1. The van der Waals surface area contributed by atoms with E-state index >= 15 is 0 Å². The maximum absolute atomic E-state index is 14.4. The zero-order valence-corrected chi connectivity index (χ0v) is 13.1. The number of hydrogen-bond acceptors (Lipinski definition) is 2. The molecule has 0 amide bonds. The van der Waals surface area contributed by atoms with E-state index in [0.717, 1.165) is 25.1 Å². The molecule has 23 heavy (non-hydrogen) atoms. The topological polar surface area (TPSA) is 40.5 Å². The first-order valence-electron chi connectivity index (χ1n) is 7.95. The van der Waals surface area contributed by atoms with Gasteiger partial charge in [0.25, 0.3) is 0 Å². The number of halogens is 1. The minimum atomic E-state index is -1.21. The average Bonchev–Trinajstić information content (AvgIpc) is 3.04. The molecule has 1 atom stereocenters. The van der Waals surface area contributed by atoms with E-state index in [1.165, 1.54) is 11.6 Å². The third-order valence-corrected chi connectivity index (χ3v) is 4.57. The fourth-order valence-corrected chi connectivity index (χ4v) is 3.25. The fourth-order valence-electron chi connectivity index (χ4n) is 3.25. The molecule has 0 saturated carbocycles. The van der Waals surface area contributed by atoms with Crippen molar-refractivity contribution in [1.29, 1.82) is 0 Å². The molecule has 2 aromatic rings. The number of carboxylic acid groups (broad SMARTS) is 1. The van der Waals surface area contributed by atoms with Gasteiger partial charge in [-0.2, -0.15) is 0 Å². The van der Waals surface area contributed by atoms with E-state index < -0.39 is 11.8 Å². The Balaban J connectivity index is 1.82. The van der Waals surface area contributed by atoms with Gasteiger partial charge in [0.1, 0.15) is 5.82 Å². The van der Waals surface area contributed by atoms with Crippen LogP contribution in [0.3, 0.4) is 0 Å². The van der Waals surface area contributed by atoms with Crippen LogP contribution in [0.25, 0.3) is 0 Å². The molecule has 0 radical (unpaired) electrons. The Labute approximate surface area is 135 Å². The molecule has 3 nitrogen and oxygen atoms in total. The molecule has 120 valence electrons. The Kier molecular flexibility index (Phi) is 4.33. The number of benzene rings is 2. The summed E-state index contributed by atoms with van der Waals surface area (Å²) in [6, 6.07) is 13.1. The third kappa shape index (κ3) is 3.07. The van der Waals surface area contributed by atoms with Crippen LogP contribution in [0.2, 0.25) is 0 Å². The van der Waals surface area contributed by atoms with E-state index in [9.17, 15) is 9.18 Å². The summed E-state index contributed by atoms with van der Waals surface area (Å²) < 4.78 is 14.4. The molecule has 1 N–H and O–H groups in total. The van der Waals surface area contributed by atoms with E-state index in [1.54, 1.807) is 12.1 Å². The SMILES string of the molecule is CCc1cccc(N2CCC(c3cccc(C(=O)O)c3F)C2)c1. The second-order valence-corrected chi connectivity index (χ2v) is 5.97. The van der Waals surface area contributed by atoms with Crippen LogP contribution < -0.4 is 4.90 Å². The van der Waals surface area contributed by atoms with Crippen molar-refractivity contribution in [3.05, 3.63) is 65.0 Å². The van der Waals surface area contributed by atoms with Gasteiger partial charge in [-0.3, -0.25) is 0 Å². The Bertz CT molecular complexity index is 729. The van der Waals surface area contributed by atoms with Crippen LogP contribution in [0.1, 0.15) is 40.7 Å². The first-order valence-corrected chi connectivity index (χ1v) is 7.95. The smallest absolute Gasteiger partial charge is 0.338 e. The molecule has 1 aliphatic rings. The maximum Gasteiger partial charge on any atom is 0.338 e. The van der Waals surface area contributed by atoms with Gasteiger partial charge in [0.15, 0.2) is 0 Å². The molecule has 1 heterocycles. The Hall–Kier alpha value is -2.36. The van der Waals surface area contributed by atoms with E-state index in [2.05, 4.69) is 30.0 Å². The van der Waals surface area contributed by atoms with Gasteiger partial charge in [-0.25, -0.2) is 9.18 Å². The van der Waals surface area contributed by atoms with E-state index in [0.29, 0.717) is 12.1 Å². The molecule has 1 aliphatic heterocycles. The second kappa shape index (κ2) is 6.41. The Morgan fingerprint density at radius 2 is 2.09 bits per heavy atom.